The van der Waals surface area contributed by atoms with Crippen molar-refractivity contribution in [3.63, 3.8) is 0 Å². The van der Waals surface area contributed by atoms with Gasteiger partial charge in [0.15, 0.2) is 0 Å². The zero-order chi connectivity index (χ0) is 14.0. The van der Waals surface area contributed by atoms with Crippen molar-refractivity contribution in [2.24, 2.45) is 0 Å². The summed E-state index contributed by atoms with van der Waals surface area (Å²) in [5, 5.41) is 25.2. The fourth-order valence-electron chi connectivity index (χ4n) is 1.49. The predicted octanol–water partition coefficient (Wildman–Crippen LogP) is 1.04. The van der Waals surface area contributed by atoms with Crippen LogP contribution in [0.2, 0.25) is 0 Å². The molecule has 0 atom stereocenters. The summed E-state index contributed by atoms with van der Waals surface area (Å²) in [5.41, 5.74) is -0.978. The Balaban J connectivity index is 2.56. The lowest BCUT2D eigenvalue weighted by atomic mass is 10.1. The van der Waals surface area contributed by atoms with E-state index in [9.17, 15) is 19.7 Å². The predicted molar refractivity (Wildman–Crippen MR) is 63.9 cm³/mol. The fourth-order valence-corrected chi connectivity index (χ4v) is 1.49. The van der Waals surface area contributed by atoms with Crippen molar-refractivity contribution in [2.75, 3.05) is 0 Å². The molecule has 1 aromatic heterocycles. The first-order valence-electron chi connectivity index (χ1n) is 5.07. The van der Waals surface area contributed by atoms with Crippen molar-refractivity contribution < 1.29 is 14.8 Å². The van der Waals surface area contributed by atoms with E-state index in [1.807, 2.05) is 5.10 Å². The van der Waals surface area contributed by atoms with Crippen molar-refractivity contribution in [1.82, 2.24) is 10.2 Å². The monoisotopic (exact) mass is 261 g/mol. The average Bonchev–Trinajstić information content (AvgIpc) is 2.39. The number of H-pyrrole nitrogens is 1. The van der Waals surface area contributed by atoms with Crippen molar-refractivity contribution in [2.45, 2.75) is 0 Å². The molecule has 0 radical (unpaired) electrons. The number of carboxylic acids is 1. The Morgan fingerprint density at radius 2 is 2.11 bits per heavy atom. The molecule has 2 aromatic rings. The number of aromatic amines is 1. The van der Waals surface area contributed by atoms with Crippen molar-refractivity contribution in [3.8, 4) is 11.3 Å². The van der Waals surface area contributed by atoms with Crippen molar-refractivity contribution >= 4 is 11.7 Å². The van der Waals surface area contributed by atoms with Crippen LogP contribution in [-0.4, -0.2) is 26.2 Å². The van der Waals surface area contributed by atoms with Crippen molar-refractivity contribution in [3.05, 3.63) is 56.4 Å². The van der Waals surface area contributed by atoms with Gasteiger partial charge in [-0.05, 0) is 6.07 Å². The van der Waals surface area contributed by atoms with Gasteiger partial charge in [-0.25, -0.2) is 9.89 Å². The van der Waals surface area contributed by atoms with E-state index >= 15 is 0 Å². The molecule has 0 bridgehead atoms. The van der Waals surface area contributed by atoms with E-state index < -0.39 is 22.0 Å². The number of nitrogens with zero attached hydrogens (tertiary/aromatic N) is 2. The van der Waals surface area contributed by atoms with Crippen LogP contribution in [0, 0.1) is 10.1 Å². The van der Waals surface area contributed by atoms with Crippen LogP contribution in [0.4, 0.5) is 5.69 Å². The molecule has 0 aliphatic carbocycles. The third-order valence-electron chi connectivity index (χ3n) is 2.39. The largest absolute Gasteiger partial charge is 0.477 e. The molecule has 0 aliphatic heterocycles. The molecule has 0 aliphatic rings. The first-order chi connectivity index (χ1) is 8.99. The van der Waals surface area contributed by atoms with Crippen LogP contribution in [-0.2, 0) is 0 Å². The van der Waals surface area contributed by atoms with Crippen LogP contribution < -0.4 is 5.56 Å². The summed E-state index contributed by atoms with van der Waals surface area (Å²) in [6, 6.07) is 6.58. The highest BCUT2D eigenvalue weighted by atomic mass is 16.6. The first-order valence-corrected chi connectivity index (χ1v) is 5.07. The van der Waals surface area contributed by atoms with Gasteiger partial charge in [-0.1, -0.05) is 12.1 Å². The molecular formula is C11H7N3O5. The number of nitrogens with one attached hydrogen (secondary N) is 1. The summed E-state index contributed by atoms with van der Waals surface area (Å²) in [5.74, 6) is -1.39. The second-order valence-electron chi connectivity index (χ2n) is 3.61. The minimum atomic E-state index is -1.39. The number of nitro groups is 1. The molecule has 0 amide bonds. The highest BCUT2D eigenvalue weighted by molar-refractivity contribution is 5.88. The first kappa shape index (κ1) is 12.4. The average molecular weight is 261 g/mol. The smallest absolute Gasteiger partial charge is 0.341 e. The van der Waals surface area contributed by atoms with E-state index in [0.717, 1.165) is 6.07 Å². The maximum Gasteiger partial charge on any atom is 0.341 e. The molecule has 0 unspecified atom stereocenters. The number of benzene rings is 1. The van der Waals surface area contributed by atoms with Gasteiger partial charge in [-0.2, -0.15) is 5.10 Å². The molecule has 8 heteroatoms. The Hall–Kier alpha value is -3.03. The van der Waals surface area contributed by atoms with Crippen LogP contribution in [0.15, 0.2) is 35.1 Å². The maximum atomic E-state index is 11.2. The minimum absolute atomic E-state index is 0.140. The Bertz CT molecular complexity index is 722. The molecule has 1 aromatic carbocycles. The summed E-state index contributed by atoms with van der Waals surface area (Å²) < 4.78 is 0. The quantitative estimate of drug-likeness (QED) is 0.627. The third kappa shape index (κ3) is 2.46. The van der Waals surface area contributed by atoms with Gasteiger partial charge in [0.1, 0.15) is 5.56 Å². The van der Waals surface area contributed by atoms with E-state index in [2.05, 4.69) is 5.10 Å². The summed E-state index contributed by atoms with van der Waals surface area (Å²) in [6.07, 6.45) is 0. The van der Waals surface area contributed by atoms with Gasteiger partial charge in [0.2, 0.25) is 0 Å². The van der Waals surface area contributed by atoms with Gasteiger partial charge >= 0.3 is 5.97 Å². The Kier molecular flexibility index (Phi) is 3.06. The number of nitro benzene ring substituents is 1. The molecule has 19 heavy (non-hydrogen) atoms. The highest BCUT2D eigenvalue weighted by Crippen LogP contribution is 2.21. The highest BCUT2D eigenvalue weighted by Gasteiger charge is 2.13. The number of rotatable bonds is 3. The standard InChI is InChI=1S/C11H7N3O5/c15-10-8(11(16)17)5-9(12-13-10)6-2-1-3-7(4-6)14(18)19/h1-5H,(H,13,15)(H,16,17). The summed E-state index contributed by atoms with van der Waals surface area (Å²) >= 11 is 0. The molecule has 0 saturated carbocycles. The number of hydrogen-bond acceptors (Lipinski definition) is 5. The Morgan fingerprint density at radius 3 is 2.74 bits per heavy atom. The van der Waals surface area contributed by atoms with Gasteiger partial charge in [-0.3, -0.25) is 14.9 Å². The molecular weight excluding hydrogens is 254 g/mol. The lowest BCUT2D eigenvalue weighted by molar-refractivity contribution is -0.384. The molecule has 8 nitrogen and oxygen atoms in total. The van der Waals surface area contributed by atoms with Crippen LogP contribution in [0.3, 0.4) is 0 Å². The topological polar surface area (TPSA) is 126 Å². The molecule has 96 valence electrons. The van der Waals surface area contributed by atoms with E-state index in [0.29, 0.717) is 5.56 Å². The molecule has 0 fully saturated rings. The lowest BCUT2D eigenvalue weighted by Crippen LogP contribution is -2.18. The molecule has 2 rings (SSSR count). The van der Waals surface area contributed by atoms with Gasteiger partial charge in [0.25, 0.3) is 11.2 Å². The number of carbonyl (C=O) groups is 1. The number of non-ortho nitro benzene ring substituents is 1. The van der Waals surface area contributed by atoms with Crippen molar-refractivity contribution in [1.29, 1.82) is 0 Å². The molecule has 2 N–H and O–H groups in total. The summed E-state index contributed by atoms with van der Waals surface area (Å²) in [7, 11) is 0. The Labute approximate surface area is 105 Å². The van der Waals surface area contributed by atoms with Gasteiger partial charge < -0.3 is 5.11 Å². The van der Waals surface area contributed by atoms with E-state index in [-0.39, 0.29) is 11.4 Å². The van der Waals surface area contributed by atoms with E-state index in [1.165, 1.54) is 24.3 Å². The van der Waals surface area contributed by atoms with E-state index in [4.69, 9.17) is 5.11 Å². The SMILES string of the molecule is O=C(O)c1cc(-c2cccc([N+](=O)[O-])c2)n[nH]c1=O. The summed E-state index contributed by atoms with van der Waals surface area (Å²) in [4.78, 5) is 32.1. The second-order valence-corrected chi connectivity index (χ2v) is 3.61. The number of aromatic carboxylic acids is 1. The third-order valence-corrected chi connectivity index (χ3v) is 2.39. The van der Waals surface area contributed by atoms with Gasteiger partial charge in [-0.15, -0.1) is 0 Å². The molecule has 0 saturated heterocycles. The van der Waals surface area contributed by atoms with E-state index in [1.54, 1.807) is 0 Å². The minimum Gasteiger partial charge on any atom is -0.477 e. The van der Waals surface area contributed by atoms with Gasteiger partial charge in [0, 0.05) is 17.7 Å². The second kappa shape index (κ2) is 4.69. The van der Waals surface area contributed by atoms with Gasteiger partial charge in [0.05, 0.1) is 10.6 Å². The lowest BCUT2D eigenvalue weighted by Gasteiger charge is -2.01. The van der Waals surface area contributed by atoms with Crippen LogP contribution in [0.25, 0.3) is 11.3 Å². The fraction of sp³-hybridized carbons (Fsp3) is 0. The van der Waals surface area contributed by atoms with Crippen LogP contribution in [0.1, 0.15) is 10.4 Å². The Morgan fingerprint density at radius 1 is 1.37 bits per heavy atom. The normalized spacial score (nSPS) is 10.1. The number of carboxylic acid groups (broad SMARTS) is 1. The molecule has 0 spiro atoms. The van der Waals surface area contributed by atoms with Crippen LogP contribution in [0.5, 0.6) is 0 Å². The summed E-state index contributed by atoms with van der Waals surface area (Å²) in [6.45, 7) is 0. The number of aromatic nitrogens is 2. The zero-order valence-electron chi connectivity index (χ0n) is 9.36. The van der Waals surface area contributed by atoms with Crippen LogP contribution >= 0.6 is 0 Å². The zero-order valence-corrected chi connectivity index (χ0v) is 9.36. The maximum absolute atomic E-state index is 11.2. The number of hydrogen-bond donors (Lipinski definition) is 2. The molecule has 1 heterocycles.